The fourth-order valence-electron chi connectivity index (χ4n) is 1.10. The first-order chi connectivity index (χ1) is 7.23. The van der Waals surface area contributed by atoms with Crippen molar-refractivity contribution in [1.29, 1.82) is 0 Å². The molecular weight excluding hydrogens is 227 g/mol. The standard InChI is InChI=1S/C8H8F3N3O2/c9-8(10,11)7(13)4-1-2-5(12)6(3-4)14(15)16/h1-3,7H,12-13H2/t7-/m0/s1. The van der Waals surface area contributed by atoms with Crippen molar-refractivity contribution in [2.24, 2.45) is 5.73 Å². The predicted molar refractivity (Wildman–Crippen MR) is 50.5 cm³/mol. The minimum atomic E-state index is -4.65. The maximum atomic E-state index is 12.2. The smallest absolute Gasteiger partial charge is 0.393 e. The predicted octanol–water partition coefficient (Wildman–Crippen LogP) is 1.74. The lowest BCUT2D eigenvalue weighted by Gasteiger charge is -2.15. The molecule has 0 spiro atoms. The summed E-state index contributed by atoms with van der Waals surface area (Å²) in [5.41, 5.74) is 8.95. The molecule has 0 bridgehead atoms. The maximum Gasteiger partial charge on any atom is 0.407 e. The Labute approximate surface area is 88.0 Å². The van der Waals surface area contributed by atoms with E-state index in [-0.39, 0.29) is 5.69 Å². The number of benzene rings is 1. The minimum Gasteiger partial charge on any atom is -0.393 e. The lowest BCUT2D eigenvalue weighted by atomic mass is 10.1. The molecule has 0 aliphatic heterocycles. The van der Waals surface area contributed by atoms with E-state index in [9.17, 15) is 23.3 Å². The number of nitro groups is 1. The molecule has 4 N–H and O–H groups in total. The molecule has 0 saturated heterocycles. The van der Waals surface area contributed by atoms with Gasteiger partial charge in [0.1, 0.15) is 11.7 Å². The summed E-state index contributed by atoms with van der Waals surface area (Å²) in [7, 11) is 0. The van der Waals surface area contributed by atoms with Crippen LogP contribution < -0.4 is 11.5 Å². The van der Waals surface area contributed by atoms with Gasteiger partial charge in [0.25, 0.3) is 5.69 Å². The van der Waals surface area contributed by atoms with E-state index < -0.39 is 28.4 Å². The highest BCUT2D eigenvalue weighted by atomic mass is 19.4. The van der Waals surface area contributed by atoms with Crippen LogP contribution in [0.1, 0.15) is 11.6 Å². The number of hydrogen-bond donors (Lipinski definition) is 2. The first-order valence-electron chi connectivity index (χ1n) is 4.09. The molecule has 0 heterocycles. The number of anilines is 1. The number of hydrogen-bond acceptors (Lipinski definition) is 4. The largest absolute Gasteiger partial charge is 0.407 e. The molecule has 0 radical (unpaired) electrons. The highest BCUT2D eigenvalue weighted by Gasteiger charge is 2.38. The first-order valence-corrected chi connectivity index (χ1v) is 4.09. The Morgan fingerprint density at radius 2 is 1.94 bits per heavy atom. The lowest BCUT2D eigenvalue weighted by molar-refractivity contribution is -0.384. The summed E-state index contributed by atoms with van der Waals surface area (Å²) in [6.07, 6.45) is -4.65. The number of nitro benzene ring substituents is 1. The van der Waals surface area contributed by atoms with Crippen LogP contribution in [0.15, 0.2) is 18.2 Å². The van der Waals surface area contributed by atoms with Gasteiger partial charge in [0.15, 0.2) is 0 Å². The van der Waals surface area contributed by atoms with Crippen LogP contribution in [-0.2, 0) is 0 Å². The van der Waals surface area contributed by atoms with Crippen molar-refractivity contribution in [1.82, 2.24) is 0 Å². The zero-order valence-electron chi connectivity index (χ0n) is 7.86. The summed E-state index contributed by atoms with van der Waals surface area (Å²) in [5.74, 6) is 0. The molecule has 1 atom stereocenters. The van der Waals surface area contributed by atoms with Crippen molar-refractivity contribution in [3.05, 3.63) is 33.9 Å². The van der Waals surface area contributed by atoms with Crippen LogP contribution in [0.4, 0.5) is 24.5 Å². The monoisotopic (exact) mass is 235 g/mol. The van der Waals surface area contributed by atoms with Gasteiger partial charge in [0, 0.05) is 6.07 Å². The Kier molecular flexibility index (Phi) is 3.04. The van der Waals surface area contributed by atoms with Crippen molar-refractivity contribution in [2.75, 3.05) is 5.73 Å². The van der Waals surface area contributed by atoms with Gasteiger partial charge in [-0.3, -0.25) is 10.1 Å². The summed E-state index contributed by atoms with van der Waals surface area (Å²) in [6, 6.07) is 0.513. The third-order valence-electron chi connectivity index (χ3n) is 1.96. The first kappa shape index (κ1) is 12.2. The van der Waals surface area contributed by atoms with E-state index in [0.29, 0.717) is 0 Å². The fourth-order valence-corrected chi connectivity index (χ4v) is 1.10. The summed E-state index contributed by atoms with van der Waals surface area (Å²) in [5, 5.41) is 10.4. The average molecular weight is 235 g/mol. The van der Waals surface area contributed by atoms with Crippen LogP contribution >= 0.6 is 0 Å². The number of halogens is 3. The van der Waals surface area contributed by atoms with E-state index in [1.54, 1.807) is 0 Å². The van der Waals surface area contributed by atoms with Crippen molar-refractivity contribution in [3.63, 3.8) is 0 Å². The second-order valence-corrected chi connectivity index (χ2v) is 3.09. The number of nitrogens with zero attached hydrogens (tertiary/aromatic N) is 1. The third kappa shape index (κ3) is 2.40. The Morgan fingerprint density at radius 1 is 1.38 bits per heavy atom. The van der Waals surface area contributed by atoms with Gasteiger partial charge in [-0.1, -0.05) is 6.07 Å². The maximum absolute atomic E-state index is 12.2. The Hall–Kier alpha value is -1.83. The normalized spacial score (nSPS) is 13.5. The van der Waals surface area contributed by atoms with Crippen LogP contribution in [0.25, 0.3) is 0 Å². The van der Waals surface area contributed by atoms with Gasteiger partial charge in [-0.2, -0.15) is 13.2 Å². The molecule has 5 nitrogen and oxygen atoms in total. The highest BCUT2D eigenvalue weighted by Crippen LogP contribution is 2.33. The van der Waals surface area contributed by atoms with E-state index in [2.05, 4.69) is 0 Å². The molecule has 0 aromatic heterocycles. The van der Waals surface area contributed by atoms with E-state index in [1.165, 1.54) is 0 Å². The van der Waals surface area contributed by atoms with Gasteiger partial charge < -0.3 is 11.5 Å². The van der Waals surface area contributed by atoms with E-state index in [0.717, 1.165) is 18.2 Å². The van der Waals surface area contributed by atoms with Crippen LogP contribution in [0.5, 0.6) is 0 Å². The summed E-state index contributed by atoms with van der Waals surface area (Å²) in [6.45, 7) is 0. The van der Waals surface area contributed by atoms with Gasteiger partial charge in [-0.25, -0.2) is 0 Å². The molecule has 88 valence electrons. The molecule has 0 unspecified atom stereocenters. The van der Waals surface area contributed by atoms with Gasteiger partial charge in [0.05, 0.1) is 4.92 Å². The Bertz CT molecular complexity index is 419. The molecule has 1 aromatic carbocycles. The highest BCUT2D eigenvalue weighted by molar-refractivity contribution is 5.59. The summed E-state index contributed by atoms with van der Waals surface area (Å²) in [4.78, 5) is 9.59. The molecule has 0 aliphatic rings. The molecule has 16 heavy (non-hydrogen) atoms. The topological polar surface area (TPSA) is 95.2 Å². The van der Waals surface area contributed by atoms with Crippen molar-refractivity contribution in [2.45, 2.75) is 12.2 Å². The SMILES string of the molecule is Nc1ccc([C@H](N)C(F)(F)F)cc1[N+](=O)[O-]. The molecule has 8 heteroatoms. The Morgan fingerprint density at radius 3 is 2.38 bits per heavy atom. The number of nitrogens with two attached hydrogens (primary N) is 2. The van der Waals surface area contributed by atoms with Crippen LogP contribution in [0.3, 0.4) is 0 Å². The molecule has 1 aromatic rings. The van der Waals surface area contributed by atoms with Crippen LogP contribution in [0, 0.1) is 10.1 Å². The second kappa shape index (κ2) is 3.97. The number of nitrogen functional groups attached to an aromatic ring is 1. The van der Waals surface area contributed by atoms with Gasteiger partial charge in [0.2, 0.25) is 0 Å². The molecular formula is C8H8F3N3O2. The molecule has 1 rings (SSSR count). The molecule has 0 amide bonds. The van der Waals surface area contributed by atoms with Gasteiger partial charge in [-0.15, -0.1) is 0 Å². The zero-order chi connectivity index (χ0) is 12.5. The zero-order valence-corrected chi connectivity index (χ0v) is 7.86. The fraction of sp³-hybridized carbons (Fsp3) is 0.250. The van der Waals surface area contributed by atoms with Crippen molar-refractivity contribution in [3.8, 4) is 0 Å². The third-order valence-corrected chi connectivity index (χ3v) is 1.96. The van der Waals surface area contributed by atoms with Gasteiger partial charge >= 0.3 is 6.18 Å². The van der Waals surface area contributed by atoms with E-state index in [4.69, 9.17) is 11.5 Å². The minimum absolute atomic E-state index is 0.205. The Balaban J connectivity index is 3.18. The van der Waals surface area contributed by atoms with Crippen LogP contribution in [0.2, 0.25) is 0 Å². The number of rotatable bonds is 2. The molecule has 0 fully saturated rings. The van der Waals surface area contributed by atoms with Gasteiger partial charge in [-0.05, 0) is 11.6 Å². The van der Waals surface area contributed by atoms with Crippen molar-refractivity contribution < 1.29 is 18.1 Å². The number of alkyl halides is 3. The average Bonchev–Trinajstić information content (AvgIpc) is 2.15. The molecule has 0 saturated carbocycles. The summed E-state index contributed by atoms with van der Waals surface area (Å²) < 4.78 is 36.7. The van der Waals surface area contributed by atoms with Crippen molar-refractivity contribution >= 4 is 11.4 Å². The quantitative estimate of drug-likeness (QED) is 0.463. The summed E-state index contributed by atoms with van der Waals surface area (Å²) >= 11 is 0. The van der Waals surface area contributed by atoms with E-state index >= 15 is 0 Å². The second-order valence-electron chi connectivity index (χ2n) is 3.09. The molecule has 0 aliphatic carbocycles. The van der Waals surface area contributed by atoms with E-state index in [1.807, 2.05) is 0 Å². The lowest BCUT2D eigenvalue weighted by Crippen LogP contribution is -2.28. The van der Waals surface area contributed by atoms with Crippen LogP contribution in [-0.4, -0.2) is 11.1 Å².